The van der Waals surface area contributed by atoms with Gasteiger partial charge in [-0.05, 0) is 13.8 Å². The maximum atomic E-state index is 5.41. The number of nitrogens with zero attached hydrogens (tertiary/aromatic N) is 1. The Bertz CT molecular complexity index is 197. The third-order valence-electron chi connectivity index (χ3n) is 1.20. The van der Waals surface area contributed by atoms with Gasteiger partial charge in [0.1, 0.15) is 12.4 Å². The van der Waals surface area contributed by atoms with Crippen LogP contribution in [-0.4, -0.2) is 18.2 Å². The fraction of sp³-hybridized carbons (Fsp3) is 0.571. The second-order valence-electron chi connectivity index (χ2n) is 2.06. The van der Waals surface area contributed by atoms with Crippen molar-refractivity contribution in [3.8, 4) is 0 Å². The van der Waals surface area contributed by atoms with Crippen molar-refractivity contribution in [1.29, 1.82) is 0 Å². The molecular formula is C7H14N2O2P+. The van der Waals surface area contributed by atoms with Gasteiger partial charge in [-0.3, -0.25) is 9.05 Å². The van der Waals surface area contributed by atoms with Crippen molar-refractivity contribution in [3.05, 3.63) is 18.7 Å². The molecule has 12 heavy (non-hydrogen) atoms. The maximum absolute atomic E-state index is 5.41. The summed E-state index contributed by atoms with van der Waals surface area (Å²) in [7, 11) is -0.934. The molecule has 0 unspecified atom stereocenters. The lowest BCUT2D eigenvalue weighted by Crippen LogP contribution is -2.26. The Kier molecular flexibility index (Phi) is 4.22. The van der Waals surface area contributed by atoms with Gasteiger partial charge >= 0.3 is 8.53 Å². The first-order valence-corrected chi connectivity index (χ1v) is 5.11. The van der Waals surface area contributed by atoms with E-state index in [1.807, 2.05) is 36.9 Å². The molecule has 0 bridgehead atoms. The van der Waals surface area contributed by atoms with Crippen molar-refractivity contribution < 1.29 is 13.4 Å². The van der Waals surface area contributed by atoms with Gasteiger partial charge in [-0.2, -0.15) is 4.34 Å². The summed E-state index contributed by atoms with van der Waals surface area (Å²) in [6, 6.07) is 0. The first-order chi connectivity index (χ1) is 5.88. The number of H-pyrrole nitrogens is 1. The molecule has 0 aliphatic rings. The number of hydrogen-bond donors (Lipinski definition) is 1. The molecule has 0 spiro atoms. The highest BCUT2D eigenvalue weighted by Gasteiger charge is 2.17. The van der Waals surface area contributed by atoms with Crippen LogP contribution < -0.4 is 4.34 Å². The second kappa shape index (κ2) is 5.25. The minimum absolute atomic E-state index is 0.671. The largest absolute Gasteiger partial charge is 0.403 e. The second-order valence-corrected chi connectivity index (χ2v) is 3.52. The van der Waals surface area contributed by atoms with Gasteiger partial charge in [0.25, 0.3) is 0 Å². The molecule has 0 fully saturated rings. The number of aromatic nitrogens is 2. The molecular weight excluding hydrogens is 175 g/mol. The Balaban J connectivity index is 2.53. The lowest BCUT2D eigenvalue weighted by atomic mass is 10.9. The number of imidazole rings is 1. The predicted octanol–water partition coefficient (Wildman–Crippen LogP) is 1.45. The average molecular weight is 189 g/mol. The van der Waals surface area contributed by atoms with E-state index in [1.165, 1.54) is 0 Å². The summed E-state index contributed by atoms with van der Waals surface area (Å²) in [5.41, 5.74) is 0. The van der Waals surface area contributed by atoms with Gasteiger partial charge in [-0.1, -0.05) is 0 Å². The molecule has 1 aromatic heterocycles. The van der Waals surface area contributed by atoms with E-state index in [0.29, 0.717) is 13.2 Å². The third kappa shape index (κ3) is 2.55. The molecule has 0 amide bonds. The molecule has 4 nitrogen and oxygen atoms in total. The van der Waals surface area contributed by atoms with Gasteiger partial charge in [0.15, 0.2) is 0 Å². The Morgan fingerprint density at radius 2 is 2.00 bits per heavy atom. The standard InChI is InChI=1S/C7H13N2O2P/c1-3-10-12(11-4-2)9-6-5-8-7-9/h5-7H,3-4H2,1-2H3/p+1. The maximum Gasteiger partial charge on any atom is 0.403 e. The Morgan fingerprint density at radius 1 is 1.33 bits per heavy atom. The molecule has 0 atom stereocenters. The van der Waals surface area contributed by atoms with Gasteiger partial charge in [-0.15, -0.1) is 0 Å². The Morgan fingerprint density at radius 3 is 2.42 bits per heavy atom. The lowest BCUT2D eigenvalue weighted by molar-refractivity contribution is -0.529. The predicted molar refractivity (Wildman–Crippen MR) is 46.6 cm³/mol. The van der Waals surface area contributed by atoms with Crippen molar-refractivity contribution in [1.82, 2.24) is 4.98 Å². The molecule has 1 heterocycles. The quantitative estimate of drug-likeness (QED) is 0.712. The molecule has 1 aromatic rings. The Labute approximate surface area is 73.5 Å². The fourth-order valence-corrected chi connectivity index (χ4v) is 1.89. The smallest absolute Gasteiger partial charge is 0.299 e. The summed E-state index contributed by atoms with van der Waals surface area (Å²) in [5.74, 6) is 0. The molecule has 1 N–H and O–H groups in total. The van der Waals surface area contributed by atoms with Crippen LogP contribution in [0.25, 0.3) is 0 Å². The minimum atomic E-state index is -0.934. The first kappa shape index (κ1) is 9.65. The van der Waals surface area contributed by atoms with E-state index in [-0.39, 0.29) is 0 Å². The van der Waals surface area contributed by atoms with Gasteiger partial charge in [0.2, 0.25) is 6.33 Å². The lowest BCUT2D eigenvalue weighted by Gasteiger charge is -2.08. The summed E-state index contributed by atoms with van der Waals surface area (Å²) in [6.45, 7) is 5.26. The number of rotatable bonds is 5. The van der Waals surface area contributed by atoms with Gasteiger partial charge < -0.3 is 0 Å². The summed E-state index contributed by atoms with van der Waals surface area (Å²) >= 11 is 0. The highest BCUT2D eigenvalue weighted by atomic mass is 31.2. The summed E-state index contributed by atoms with van der Waals surface area (Å²) in [5, 5.41) is 0. The third-order valence-corrected chi connectivity index (χ3v) is 2.78. The zero-order valence-corrected chi connectivity index (χ0v) is 8.25. The highest BCUT2D eigenvalue weighted by Crippen LogP contribution is 2.31. The van der Waals surface area contributed by atoms with Crippen LogP contribution in [0.5, 0.6) is 0 Å². The van der Waals surface area contributed by atoms with Crippen LogP contribution in [0.2, 0.25) is 0 Å². The molecule has 0 saturated heterocycles. The number of aromatic amines is 1. The van der Waals surface area contributed by atoms with Crippen LogP contribution in [0.3, 0.4) is 0 Å². The normalized spacial score (nSPS) is 10.9. The van der Waals surface area contributed by atoms with Gasteiger partial charge in [0.05, 0.1) is 13.2 Å². The van der Waals surface area contributed by atoms with E-state index in [0.717, 1.165) is 0 Å². The molecule has 0 radical (unpaired) electrons. The monoisotopic (exact) mass is 189 g/mol. The zero-order valence-electron chi connectivity index (χ0n) is 7.36. The molecule has 0 aliphatic heterocycles. The molecule has 0 saturated carbocycles. The van der Waals surface area contributed by atoms with E-state index in [4.69, 9.17) is 9.05 Å². The topological polar surface area (TPSA) is 38.1 Å². The molecule has 68 valence electrons. The average Bonchev–Trinajstić information content (AvgIpc) is 2.56. The molecule has 1 rings (SSSR count). The van der Waals surface area contributed by atoms with E-state index in [9.17, 15) is 0 Å². The van der Waals surface area contributed by atoms with E-state index in [2.05, 4.69) is 4.98 Å². The van der Waals surface area contributed by atoms with E-state index >= 15 is 0 Å². The van der Waals surface area contributed by atoms with Crippen molar-refractivity contribution in [2.45, 2.75) is 13.8 Å². The van der Waals surface area contributed by atoms with Crippen LogP contribution in [0.4, 0.5) is 0 Å². The fourth-order valence-electron chi connectivity index (χ4n) is 0.775. The molecule has 0 aromatic carbocycles. The van der Waals surface area contributed by atoms with Gasteiger partial charge in [-0.25, -0.2) is 4.98 Å². The van der Waals surface area contributed by atoms with Crippen LogP contribution in [0, 0.1) is 0 Å². The molecule has 0 aliphatic carbocycles. The highest BCUT2D eigenvalue weighted by molar-refractivity contribution is 7.39. The van der Waals surface area contributed by atoms with E-state index < -0.39 is 8.53 Å². The van der Waals surface area contributed by atoms with Crippen molar-refractivity contribution >= 4 is 8.53 Å². The SMILES string of the molecule is CCOP(OCC)[n+]1cc[nH]c1. The van der Waals surface area contributed by atoms with Crippen molar-refractivity contribution in [2.75, 3.05) is 13.2 Å². The first-order valence-electron chi connectivity index (χ1n) is 3.98. The number of hydrogen-bond acceptors (Lipinski definition) is 2. The zero-order chi connectivity index (χ0) is 8.81. The summed E-state index contributed by atoms with van der Waals surface area (Å²) in [4.78, 5) is 2.95. The summed E-state index contributed by atoms with van der Waals surface area (Å²) < 4.78 is 12.7. The van der Waals surface area contributed by atoms with Crippen LogP contribution in [0.1, 0.15) is 13.8 Å². The van der Waals surface area contributed by atoms with Crippen molar-refractivity contribution in [3.63, 3.8) is 0 Å². The molecule has 5 heteroatoms. The minimum Gasteiger partial charge on any atom is -0.299 e. The summed E-state index contributed by atoms with van der Waals surface area (Å²) in [6.07, 6.45) is 5.57. The van der Waals surface area contributed by atoms with Crippen LogP contribution in [0.15, 0.2) is 18.7 Å². The number of nitrogens with one attached hydrogen (secondary N) is 1. The van der Waals surface area contributed by atoms with Gasteiger partial charge in [0, 0.05) is 0 Å². The Hall–Kier alpha value is -0.440. The van der Waals surface area contributed by atoms with Crippen molar-refractivity contribution in [2.24, 2.45) is 0 Å². The van der Waals surface area contributed by atoms with Crippen LogP contribution in [-0.2, 0) is 9.05 Å². The van der Waals surface area contributed by atoms with E-state index in [1.54, 1.807) is 0 Å². The van der Waals surface area contributed by atoms with Crippen LogP contribution >= 0.6 is 8.53 Å².